The van der Waals surface area contributed by atoms with Crippen LogP contribution in [-0.2, 0) is 0 Å². The second-order valence-electron chi connectivity index (χ2n) is 4.71. The smallest absolute Gasteiger partial charge is 0.0689 e. The van der Waals surface area contributed by atoms with Crippen LogP contribution in [0.5, 0.6) is 0 Å². The van der Waals surface area contributed by atoms with Crippen LogP contribution in [0, 0.1) is 22.7 Å². The van der Waals surface area contributed by atoms with Crippen molar-refractivity contribution in [1.82, 2.24) is 0 Å². The first-order chi connectivity index (χ1) is 7.26. The van der Waals surface area contributed by atoms with E-state index in [0.29, 0.717) is 0 Å². The van der Waals surface area contributed by atoms with Crippen molar-refractivity contribution in [2.24, 2.45) is 11.3 Å². The average Bonchev–Trinajstić information content (AvgIpc) is 2.69. The van der Waals surface area contributed by atoms with Gasteiger partial charge < -0.3 is 0 Å². The Balaban J connectivity index is 2.32. The molecule has 2 atom stereocenters. The third kappa shape index (κ3) is 3.72. The van der Waals surface area contributed by atoms with Gasteiger partial charge in [-0.1, -0.05) is 20.3 Å². The second kappa shape index (κ2) is 6.43. The van der Waals surface area contributed by atoms with Crippen molar-refractivity contribution in [3.8, 4) is 6.07 Å². The molecule has 1 saturated carbocycles. The standard InChI is InChI=1S/C13H23NS/c1-3-12-6-8-13(10-12,11-14)7-5-9-15-4-2/h12H,3-10H2,1-2H3. The molecule has 0 amide bonds. The summed E-state index contributed by atoms with van der Waals surface area (Å²) < 4.78 is 0. The van der Waals surface area contributed by atoms with E-state index in [2.05, 4.69) is 19.9 Å². The first-order valence-electron chi connectivity index (χ1n) is 6.25. The topological polar surface area (TPSA) is 23.8 Å². The number of hydrogen-bond acceptors (Lipinski definition) is 2. The van der Waals surface area contributed by atoms with Gasteiger partial charge >= 0.3 is 0 Å². The van der Waals surface area contributed by atoms with Gasteiger partial charge in [0.25, 0.3) is 0 Å². The van der Waals surface area contributed by atoms with Crippen LogP contribution < -0.4 is 0 Å². The van der Waals surface area contributed by atoms with E-state index in [9.17, 15) is 5.26 Å². The van der Waals surface area contributed by atoms with Crippen LogP contribution in [0.2, 0.25) is 0 Å². The van der Waals surface area contributed by atoms with Gasteiger partial charge in [0.15, 0.2) is 0 Å². The molecule has 1 aliphatic carbocycles. The maximum absolute atomic E-state index is 9.33. The molecule has 0 N–H and O–H groups in total. The molecular weight excluding hydrogens is 202 g/mol. The summed E-state index contributed by atoms with van der Waals surface area (Å²) >= 11 is 2.00. The monoisotopic (exact) mass is 225 g/mol. The van der Waals surface area contributed by atoms with Crippen LogP contribution in [0.4, 0.5) is 0 Å². The molecule has 2 unspecified atom stereocenters. The van der Waals surface area contributed by atoms with Gasteiger partial charge in [-0.15, -0.1) is 0 Å². The summed E-state index contributed by atoms with van der Waals surface area (Å²) in [6, 6.07) is 2.61. The van der Waals surface area contributed by atoms with Gasteiger partial charge in [0, 0.05) is 0 Å². The van der Waals surface area contributed by atoms with Crippen molar-refractivity contribution < 1.29 is 0 Å². The van der Waals surface area contributed by atoms with Gasteiger partial charge in [-0.2, -0.15) is 17.0 Å². The van der Waals surface area contributed by atoms with E-state index in [1.807, 2.05) is 11.8 Å². The van der Waals surface area contributed by atoms with Crippen molar-refractivity contribution in [3.63, 3.8) is 0 Å². The van der Waals surface area contributed by atoms with Gasteiger partial charge in [0.05, 0.1) is 11.5 Å². The van der Waals surface area contributed by atoms with Crippen molar-refractivity contribution in [2.45, 2.75) is 52.4 Å². The third-order valence-corrected chi connectivity index (χ3v) is 4.66. The lowest BCUT2D eigenvalue weighted by Crippen LogP contribution is -2.14. The van der Waals surface area contributed by atoms with E-state index in [0.717, 1.165) is 25.2 Å². The minimum absolute atomic E-state index is 0.0506. The van der Waals surface area contributed by atoms with Gasteiger partial charge in [-0.05, 0) is 49.5 Å². The molecule has 0 aromatic heterocycles. The molecule has 1 fully saturated rings. The molecule has 1 aliphatic rings. The zero-order valence-corrected chi connectivity index (χ0v) is 10.9. The van der Waals surface area contributed by atoms with E-state index in [1.54, 1.807) is 0 Å². The summed E-state index contributed by atoms with van der Waals surface area (Å²) in [5.41, 5.74) is 0.0506. The normalized spacial score (nSPS) is 30.3. The summed E-state index contributed by atoms with van der Waals surface area (Å²) in [7, 11) is 0. The Morgan fingerprint density at radius 2 is 2.27 bits per heavy atom. The zero-order chi connectivity index (χ0) is 11.1. The van der Waals surface area contributed by atoms with E-state index in [1.165, 1.54) is 30.8 Å². The van der Waals surface area contributed by atoms with Crippen molar-refractivity contribution in [2.75, 3.05) is 11.5 Å². The van der Waals surface area contributed by atoms with Crippen LogP contribution in [-0.4, -0.2) is 11.5 Å². The molecule has 0 spiro atoms. The van der Waals surface area contributed by atoms with Crippen LogP contribution in [0.25, 0.3) is 0 Å². The van der Waals surface area contributed by atoms with E-state index >= 15 is 0 Å². The quantitative estimate of drug-likeness (QED) is 0.631. The number of hydrogen-bond donors (Lipinski definition) is 0. The lowest BCUT2D eigenvalue weighted by Gasteiger charge is -2.20. The SMILES string of the molecule is CCSCCCC1(C#N)CCC(CC)C1. The number of rotatable bonds is 6. The van der Waals surface area contributed by atoms with Crippen molar-refractivity contribution in [1.29, 1.82) is 5.26 Å². The molecule has 0 radical (unpaired) electrons. The van der Waals surface area contributed by atoms with Crippen LogP contribution in [0.15, 0.2) is 0 Å². The van der Waals surface area contributed by atoms with Gasteiger partial charge in [-0.25, -0.2) is 0 Å². The lowest BCUT2D eigenvalue weighted by molar-refractivity contribution is 0.352. The maximum atomic E-state index is 9.33. The van der Waals surface area contributed by atoms with Crippen molar-refractivity contribution in [3.05, 3.63) is 0 Å². The fraction of sp³-hybridized carbons (Fsp3) is 0.923. The Labute approximate surface area is 98.6 Å². The fourth-order valence-corrected chi connectivity index (χ4v) is 3.26. The van der Waals surface area contributed by atoms with Crippen LogP contribution in [0.3, 0.4) is 0 Å². The Kier molecular flexibility index (Phi) is 5.53. The van der Waals surface area contributed by atoms with E-state index < -0.39 is 0 Å². The molecule has 0 aromatic carbocycles. The molecule has 0 heterocycles. The Morgan fingerprint density at radius 3 is 2.80 bits per heavy atom. The average molecular weight is 225 g/mol. The molecule has 1 nitrogen and oxygen atoms in total. The first-order valence-corrected chi connectivity index (χ1v) is 7.41. The summed E-state index contributed by atoms with van der Waals surface area (Å²) in [5.74, 6) is 3.26. The minimum atomic E-state index is 0.0506. The van der Waals surface area contributed by atoms with E-state index in [-0.39, 0.29) is 5.41 Å². The second-order valence-corrected chi connectivity index (χ2v) is 6.10. The van der Waals surface area contributed by atoms with Crippen LogP contribution >= 0.6 is 11.8 Å². The minimum Gasteiger partial charge on any atom is -0.198 e. The van der Waals surface area contributed by atoms with Crippen molar-refractivity contribution >= 4 is 11.8 Å². The molecular formula is C13H23NS. The molecule has 0 aliphatic heterocycles. The predicted molar refractivity (Wildman–Crippen MR) is 67.9 cm³/mol. The van der Waals surface area contributed by atoms with E-state index in [4.69, 9.17) is 0 Å². The molecule has 1 rings (SSSR count). The van der Waals surface area contributed by atoms with Gasteiger partial charge in [0.1, 0.15) is 0 Å². The van der Waals surface area contributed by atoms with Crippen LogP contribution in [0.1, 0.15) is 52.4 Å². The zero-order valence-electron chi connectivity index (χ0n) is 10.1. The highest BCUT2D eigenvalue weighted by Gasteiger charge is 2.37. The Hall–Kier alpha value is -0.160. The van der Waals surface area contributed by atoms with Gasteiger partial charge in [-0.3, -0.25) is 0 Å². The summed E-state index contributed by atoms with van der Waals surface area (Å²) in [6.07, 6.45) is 7.21. The fourth-order valence-electron chi connectivity index (χ4n) is 2.63. The molecule has 2 heteroatoms. The largest absolute Gasteiger partial charge is 0.198 e. The molecule has 0 bridgehead atoms. The third-order valence-electron chi connectivity index (χ3n) is 3.67. The van der Waals surface area contributed by atoms with Gasteiger partial charge in [0.2, 0.25) is 0 Å². The molecule has 15 heavy (non-hydrogen) atoms. The molecule has 86 valence electrons. The Bertz CT molecular complexity index is 221. The number of nitriles is 1. The number of thioether (sulfide) groups is 1. The Morgan fingerprint density at radius 1 is 1.47 bits per heavy atom. The molecule has 0 saturated heterocycles. The highest BCUT2D eigenvalue weighted by Crippen LogP contribution is 2.45. The highest BCUT2D eigenvalue weighted by molar-refractivity contribution is 7.99. The maximum Gasteiger partial charge on any atom is 0.0689 e. The summed E-state index contributed by atoms with van der Waals surface area (Å²) in [6.45, 7) is 4.46. The predicted octanol–water partition coefficient (Wildman–Crippen LogP) is 4.24. The number of nitrogens with zero attached hydrogens (tertiary/aromatic N) is 1. The summed E-state index contributed by atoms with van der Waals surface area (Å²) in [4.78, 5) is 0. The lowest BCUT2D eigenvalue weighted by atomic mass is 9.82. The summed E-state index contributed by atoms with van der Waals surface area (Å²) in [5, 5.41) is 9.33. The highest BCUT2D eigenvalue weighted by atomic mass is 32.2. The molecule has 0 aromatic rings. The first kappa shape index (κ1) is 12.9.